The highest BCUT2D eigenvalue weighted by molar-refractivity contribution is 5.86. The van der Waals surface area contributed by atoms with E-state index in [0.29, 0.717) is 5.76 Å². The predicted molar refractivity (Wildman–Crippen MR) is 47.3 cm³/mol. The number of rotatable bonds is 2. The Bertz CT molecular complexity index is 397. The summed E-state index contributed by atoms with van der Waals surface area (Å²) in [6, 6.07) is 2.76. The van der Waals surface area contributed by atoms with Crippen molar-refractivity contribution in [3.8, 4) is 0 Å². The second-order valence-electron chi connectivity index (χ2n) is 2.99. The molecule has 1 amide bonds. The Kier molecular flexibility index (Phi) is 2.32. The first-order chi connectivity index (χ1) is 7.20. The molecule has 2 heterocycles. The smallest absolute Gasteiger partial charge is 0.407 e. The highest BCUT2D eigenvalue weighted by atomic mass is 16.6. The number of nitrogens with one attached hydrogen (secondary N) is 1. The van der Waals surface area contributed by atoms with Crippen LogP contribution in [0.25, 0.3) is 0 Å². The van der Waals surface area contributed by atoms with Gasteiger partial charge in [0.05, 0.1) is 7.11 Å². The van der Waals surface area contributed by atoms with Crippen LogP contribution in [0.5, 0.6) is 0 Å². The van der Waals surface area contributed by atoms with Crippen LogP contribution < -0.4 is 5.32 Å². The lowest BCUT2D eigenvalue weighted by atomic mass is 10.2. The molecule has 1 aromatic heterocycles. The normalized spacial score (nSPS) is 19.5. The molecule has 1 unspecified atom stereocenters. The number of alkyl carbamates (subject to hydrolysis) is 1. The van der Waals surface area contributed by atoms with Crippen LogP contribution in [0.2, 0.25) is 0 Å². The standard InChI is InChI=1S/C9H9NO5/c1-13-8(11)7-3-2-6(15-7)5-4-14-9(12)10-5/h2-3,5H,4H2,1H3,(H,10,12). The molecule has 1 aliphatic heterocycles. The number of methoxy groups -OCH3 is 1. The summed E-state index contributed by atoms with van der Waals surface area (Å²) < 4.78 is 14.4. The minimum atomic E-state index is -0.550. The van der Waals surface area contributed by atoms with E-state index in [1.807, 2.05) is 0 Å². The van der Waals surface area contributed by atoms with Crippen molar-refractivity contribution in [2.24, 2.45) is 0 Å². The summed E-state index contributed by atoms with van der Waals surface area (Å²) in [4.78, 5) is 21.8. The van der Waals surface area contributed by atoms with Crippen molar-refractivity contribution < 1.29 is 23.5 Å². The average Bonchev–Trinajstić information content (AvgIpc) is 2.84. The molecule has 15 heavy (non-hydrogen) atoms. The molecule has 0 saturated carbocycles. The molecule has 0 bridgehead atoms. The number of carbonyl (C=O) groups is 2. The van der Waals surface area contributed by atoms with Gasteiger partial charge in [-0.2, -0.15) is 0 Å². The largest absolute Gasteiger partial charge is 0.463 e. The van der Waals surface area contributed by atoms with Crippen molar-refractivity contribution in [1.29, 1.82) is 0 Å². The van der Waals surface area contributed by atoms with Gasteiger partial charge in [-0.05, 0) is 12.1 Å². The van der Waals surface area contributed by atoms with Gasteiger partial charge in [0, 0.05) is 0 Å². The van der Waals surface area contributed by atoms with Crippen LogP contribution in [0.15, 0.2) is 16.5 Å². The van der Waals surface area contributed by atoms with Crippen LogP contribution in [-0.2, 0) is 9.47 Å². The highest BCUT2D eigenvalue weighted by Gasteiger charge is 2.27. The summed E-state index contributed by atoms with van der Waals surface area (Å²) in [5.41, 5.74) is 0. The summed E-state index contributed by atoms with van der Waals surface area (Å²) in [6.07, 6.45) is -0.490. The molecule has 1 fully saturated rings. The molecule has 1 aliphatic rings. The molecule has 0 aliphatic carbocycles. The van der Waals surface area contributed by atoms with Crippen LogP contribution in [0.4, 0.5) is 4.79 Å². The lowest BCUT2D eigenvalue weighted by molar-refractivity contribution is 0.0562. The maximum Gasteiger partial charge on any atom is 0.407 e. The third kappa shape index (κ3) is 1.78. The molecule has 0 aromatic carbocycles. The first-order valence-corrected chi connectivity index (χ1v) is 4.32. The molecule has 6 heteroatoms. The van der Waals surface area contributed by atoms with E-state index in [2.05, 4.69) is 14.8 Å². The fraction of sp³-hybridized carbons (Fsp3) is 0.333. The Morgan fingerprint density at radius 1 is 1.60 bits per heavy atom. The van der Waals surface area contributed by atoms with Crippen LogP contribution in [0, 0.1) is 0 Å². The van der Waals surface area contributed by atoms with Crippen molar-refractivity contribution in [2.75, 3.05) is 13.7 Å². The van der Waals surface area contributed by atoms with E-state index in [0.717, 1.165) is 0 Å². The molecule has 1 saturated heterocycles. The van der Waals surface area contributed by atoms with Gasteiger partial charge in [0.25, 0.3) is 0 Å². The number of hydrogen-bond donors (Lipinski definition) is 1. The molecule has 1 atom stereocenters. The summed E-state index contributed by atoms with van der Waals surface area (Å²) in [7, 11) is 1.27. The van der Waals surface area contributed by atoms with Gasteiger partial charge in [0.2, 0.25) is 5.76 Å². The van der Waals surface area contributed by atoms with Crippen LogP contribution >= 0.6 is 0 Å². The van der Waals surface area contributed by atoms with Crippen molar-refractivity contribution in [3.63, 3.8) is 0 Å². The van der Waals surface area contributed by atoms with E-state index in [-0.39, 0.29) is 18.4 Å². The van der Waals surface area contributed by atoms with Crippen LogP contribution in [-0.4, -0.2) is 25.8 Å². The lowest BCUT2D eigenvalue weighted by Crippen LogP contribution is -2.17. The van der Waals surface area contributed by atoms with Crippen molar-refractivity contribution in [2.45, 2.75) is 6.04 Å². The Hall–Kier alpha value is -1.98. The quantitative estimate of drug-likeness (QED) is 0.733. The molecular formula is C9H9NO5. The van der Waals surface area contributed by atoms with Gasteiger partial charge in [0.15, 0.2) is 0 Å². The topological polar surface area (TPSA) is 77.8 Å². The summed E-state index contributed by atoms with van der Waals surface area (Å²) in [5, 5.41) is 2.53. The first kappa shape index (κ1) is 9.57. The Morgan fingerprint density at radius 3 is 3.00 bits per heavy atom. The Balaban J connectivity index is 2.13. The molecule has 1 aromatic rings. The summed E-state index contributed by atoms with van der Waals surface area (Å²) in [6.45, 7) is 0.201. The maximum atomic E-state index is 11.1. The van der Waals surface area contributed by atoms with E-state index >= 15 is 0 Å². The number of ether oxygens (including phenoxy) is 2. The van der Waals surface area contributed by atoms with Gasteiger partial charge in [0.1, 0.15) is 18.4 Å². The third-order valence-electron chi connectivity index (χ3n) is 2.03. The molecular weight excluding hydrogens is 202 g/mol. The van der Waals surface area contributed by atoms with Crippen molar-refractivity contribution >= 4 is 12.1 Å². The number of amides is 1. The van der Waals surface area contributed by atoms with Crippen molar-refractivity contribution in [1.82, 2.24) is 5.32 Å². The number of furan rings is 1. The lowest BCUT2D eigenvalue weighted by Gasteiger charge is -2.01. The summed E-state index contributed by atoms with van der Waals surface area (Å²) >= 11 is 0. The first-order valence-electron chi connectivity index (χ1n) is 4.32. The third-order valence-corrected chi connectivity index (χ3v) is 2.03. The molecule has 6 nitrogen and oxygen atoms in total. The van der Waals surface area contributed by atoms with Gasteiger partial charge in [-0.3, -0.25) is 0 Å². The molecule has 0 spiro atoms. The molecule has 80 valence electrons. The highest BCUT2D eigenvalue weighted by Crippen LogP contribution is 2.20. The zero-order valence-corrected chi connectivity index (χ0v) is 7.98. The second kappa shape index (κ2) is 3.64. The van der Waals surface area contributed by atoms with Gasteiger partial charge in [-0.1, -0.05) is 0 Å². The van der Waals surface area contributed by atoms with E-state index in [1.54, 1.807) is 6.07 Å². The van der Waals surface area contributed by atoms with Crippen LogP contribution in [0.1, 0.15) is 22.4 Å². The second-order valence-corrected chi connectivity index (χ2v) is 2.99. The molecule has 1 N–H and O–H groups in total. The zero-order chi connectivity index (χ0) is 10.8. The zero-order valence-electron chi connectivity index (χ0n) is 7.98. The molecule has 2 rings (SSSR count). The van der Waals surface area contributed by atoms with Gasteiger partial charge in [-0.25, -0.2) is 9.59 Å². The monoisotopic (exact) mass is 211 g/mol. The van der Waals surface area contributed by atoms with E-state index in [4.69, 9.17) is 4.42 Å². The predicted octanol–water partition coefficient (Wildman–Crippen LogP) is 0.847. The maximum absolute atomic E-state index is 11.1. The van der Waals surface area contributed by atoms with Gasteiger partial charge < -0.3 is 19.2 Å². The van der Waals surface area contributed by atoms with Gasteiger partial charge >= 0.3 is 12.1 Å². The van der Waals surface area contributed by atoms with Crippen LogP contribution in [0.3, 0.4) is 0 Å². The Morgan fingerprint density at radius 2 is 2.40 bits per heavy atom. The fourth-order valence-corrected chi connectivity index (χ4v) is 1.29. The number of esters is 1. The minimum Gasteiger partial charge on any atom is -0.463 e. The van der Waals surface area contributed by atoms with E-state index in [9.17, 15) is 9.59 Å². The summed E-state index contributed by atoms with van der Waals surface area (Å²) in [5.74, 6) is 0.0291. The average molecular weight is 211 g/mol. The number of hydrogen-bond acceptors (Lipinski definition) is 5. The van der Waals surface area contributed by atoms with E-state index < -0.39 is 12.1 Å². The molecule has 0 radical (unpaired) electrons. The van der Waals surface area contributed by atoms with E-state index in [1.165, 1.54) is 13.2 Å². The number of cyclic esters (lactones) is 1. The van der Waals surface area contributed by atoms with Crippen molar-refractivity contribution in [3.05, 3.63) is 23.7 Å². The Labute approximate surface area is 85.1 Å². The van der Waals surface area contributed by atoms with Gasteiger partial charge in [-0.15, -0.1) is 0 Å². The minimum absolute atomic E-state index is 0.105. The number of carbonyl (C=O) groups excluding carboxylic acids is 2. The SMILES string of the molecule is COC(=O)c1ccc(C2COC(=O)N2)o1. The fourth-order valence-electron chi connectivity index (χ4n) is 1.29.